The third-order valence-electron chi connectivity index (χ3n) is 3.71. The lowest BCUT2D eigenvalue weighted by molar-refractivity contribution is 0.0699. The van der Waals surface area contributed by atoms with Crippen LogP contribution in [0.1, 0.15) is 61.5 Å². The number of hydrogen-bond donors (Lipinski definition) is 1. The predicted molar refractivity (Wildman–Crippen MR) is 81.3 cm³/mol. The molecule has 0 aliphatic rings. The molecule has 0 saturated heterocycles. The summed E-state index contributed by atoms with van der Waals surface area (Å²) < 4.78 is 0. The molecule has 3 heteroatoms. The minimum absolute atomic E-state index is 0.296. The number of pyridine rings is 1. The third-order valence-corrected chi connectivity index (χ3v) is 3.71. The van der Waals surface area contributed by atoms with Crippen LogP contribution in [-0.4, -0.2) is 16.1 Å². The number of fused-ring (bicyclic) bond motifs is 1. The molecule has 2 aromatic rings. The van der Waals surface area contributed by atoms with Crippen LogP contribution in [0.3, 0.4) is 0 Å². The molecule has 1 aromatic carbocycles. The lowest BCUT2D eigenvalue weighted by atomic mass is 9.96. The van der Waals surface area contributed by atoms with Crippen molar-refractivity contribution in [3.05, 3.63) is 41.6 Å². The van der Waals surface area contributed by atoms with Crippen LogP contribution in [0, 0.1) is 0 Å². The fraction of sp³-hybridized carbons (Fsp3) is 0.412. The standard InChI is InChI=1S/C17H21NO2/c1-3-4-5-8-12(2)16-11-14(17(19)20)13-9-6-7-10-15(13)18-16/h6-7,9-12H,3-5,8H2,1-2H3,(H,19,20). The first kappa shape index (κ1) is 14.5. The summed E-state index contributed by atoms with van der Waals surface area (Å²) in [7, 11) is 0. The van der Waals surface area contributed by atoms with Crippen molar-refractivity contribution in [1.82, 2.24) is 4.98 Å². The number of nitrogens with zero attached hydrogens (tertiary/aromatic N) is 1. The minimum Gasteiger partial charge on any atom is -0.478 e. The van der Waals surface area contributed by atoms with Crippen LogP contribution in [0.5, 0.6) is 0 Å². The molecule has 1 aromatic heterocycles. The van der Waals surface area contributed by atoms with Crippen molar-refractivity contribution in [2.45, 2.75) is 45.4 Å². The summed E-state index contributed by atoms with van der Waals surface area (Å²) in [5, 5.41) is 10.1. The van der Waals surface area contributed by atoms with Crippen molar-refractivity contribution < 1.29 is 9.90 Å². The fourth-order valence-electron chi connectivity index (χ4n) is 2.47. The van der Waals surface area contributed by atoms with Gasteiger partial charge in [0.1, 0.15) is 0 Å². The van der Waals surface area contributed by atoms with Gasteiger partial charge in [-0.2, -0.15) is 0 Å². The van der Waals surface area contributed by atoms with Crippen LogP contribution in [0.15, 0.2) is 30.3 Å². The maximum Gasteiger partial charge on any atom is 0.336 e. The summed E-state index contributed by atoms with van der Waals surface area (Å²) in [6.45, 7) is 4.31. The number of carbonyl (C=O) groups is 1. The van der Waals surface area contributed by atoms with Crippen LogP contribution >= 0.6 is 0 Å². The quantitative estimate of drug-likeness (QED) is 0.780. The van der Waals surface area contributed by atoms with E-state index in [2.05, 4.69) is 18.8 Å². The van der Waals surface area contributed by atoms with Crippen molar-refractivity contribution in [3.63, 3.8) is 0 Å². The van der Waals surface area contributed by atoms with Gasteiger partial charge in [0.25, 0.3) is 0 Å². The molecule has 20 heavy (non-hydrogen) atoms. The molecule has 106 valence electrons. The number of aromatic nitrogens is 1. The maximum absolute atomic E-state index is 11.4. The Bertz CT molecular complexity index is 607. The molecule has 1 unspecified atom stereocenters. The second kappa shape index (κ2) is 6.51. The van der Waals surface area contributed by atoms with Gasteiger partial charge in [0.05, 0.1) is 11.1 Å². The number of aromatic carboxylic acids is 1. The number of para-hydroxylation sites is 1. The molecule has 0 radical (unpaired) electrons. The number of rotatable bonds is 6. The van der Waals surface area contributed by atoms with Gasteiger partial charge < -0.3 is 5.11 Å². The molecule has 0 spiro atoms. The third kappa shape index (κ3) is 3.16. The highest BCUT2D eigenvalue weighted by molar-refractivity contribution is 6.02. The number of hydrogen-bond acceptors (Lipinski definition) is 2. The Hall–Kier alpha value is -1.90. The van der Waals surface area contributed by atoms with Gasteiger partial charge in [0.15, 0.2) is 0 Å². The Kier molecular flexibility index (Phi) is 4.72. The molecule has 1 atom stereocenters. The average Bonchev–Trinajstić information content (AvgIpc) is 2.46. The topological polar surface area (TPSA) is 50.2 Å². The molecule has 0 aliphatic heterocycles. The van der Waals surface area contributed by atoms with Gasteiger partial charge in [-0.25, -0.2) is 4.79 Å². The Morgan fingerprint density at radius 2 is 2.05 bits per heavy atom. The Labute approximate surface area is 119 Å². The van der Waals surface area contributed by atoms with Crippen LogP contribution < -0.4 is 0 Å². The van der Waals surface area contributed by atoms with Crippen molar-refractivity contribution >= 4 is 16.9 Å². The monoisotopic (exact) mass is 271 g/mol. The Morgan fingerprint density at radius 3 is 2.75 bits per heavy atom. The van der Waals surface area contributed by atoms with E-state index in [1.807, 2.05) is 24.3 Å². The zero-order valence-electron chi connectivity index (χ0n) is 12.1. The van der Waals surface area contributed by atoms with Gasteiger partial charge in [0, 0.05) is 11.1 Å². The summed E-state index contributed by atoms with van der Waals surface area (Å²) in [5.41, 5.74) is 2.01. The van der Waals surface area contributed by atoms with Crippen molar-refractivity contribution in [2.75, 3.05) is 0 Å². The molecule has 1 N–H and O–H groups in total. The molecule has 0 fully saturated rings. The second-order valence-electron chi connectivity index (χ2n) is 5.31. The van der Waals surface area contributed by atoms with E-state index in [0.29, 0.717) is 16.9 Å². The predicted octanol–water partition coefficient (Wildman–Crippen LogP) is 4.62. The van der Waals surface area contributed by atoms with E-state index < -0.39 is 5.97 Å². The number of carboxylic acids is 1. The first-order valence-corrected chi connectivity index (χ1v) is 7.26. The summed E-state index contributed by atoms with van der Waals surface area (Å²) >= 11 is 0. The van der Waals surface area contributed by atoms with E-state index in [0.717, 1.165) is 24.1 Å². The maximum atomic E-state index is 11.4. The zero-order chi connectivity index (χ0) is 14.5. The van der Waals surface area contributed by atoms with Crippen molar-refractivity contribution in [3.8, 4) is 0 Å². The Morgan fingerprint density at radius 1 is 1.30 bits per heavy atom. The van der Waals surface area contributed by atoms with Gasteiger partial charge in [-0.3, -0.25) is 4.98 Å². The molecule has 0 saturated carbocycles. The van der Waals surface area contributed by atoms with Crippen LogP contribution in [-0.2, 0) is 0 Å². The van der Waals surface area contributed by atoms with E-state index in [4.69, 9.17) is 0 Å². The van der Waals surface area contributed by atoms with E-state index >= 15 is 0 Å². The molecule has 3 nitrogen and oxygen atoms in total. The number of carboxylic acid groups (broad SMARTS) is 1. The lowest BCUT2D eigenvalue weighted by Crippen LogP contribution is -2.04. The van der Waals surface area contributed by atoms with Gasteiger partial charge in [-0.1, -0.05) is 51.3 Å². The fourth-order valence-corrected chi connectivity index (χ4v) is 2.47. The van der Waals surface area contributed by atoms with Gasteiger partial charge in [-0.05, 0) is 24.5 Å². The summed E-state index contributed by atoms with van der Waals surface area (Å²) in [5.74, 6) is -0.588. The van der Waals surface area contributed by atoms with Crippen molar-refractivity contribution in [2.24, 2.45) is 0 Å². The molecule has 2 rings (SSSR count). The van der Waals surface area contributed by atoms with Crippen LogP contribution in [0.25, 0.3) is 10.9 Å². The second-order valence-corrected chi connectivity index (χ2v) is 5.31. The summed E-state index contributed by atoms with van der Waals surface area (Å²) in [4.78, 5) is 16.1. The minimum atomic E-state index is -0.884. The average molecular weight is 271 g/mol. The van der Waals surface area contributed by atoms with E-state index in [-0.39, 0.29) is 0 Å². The number of benzene rings is 1. The molecular weight excluding hydrogens is 250 g/mol. The highest BCUT2D eigenvalue weighted by Crippen LogP contribution is 2.25. The molecule has 1 heterocycles. The summed E-state index contributed by atoms with van der Waals surface area (Å²) in [6.07, 6.45) is 4.62. The lowest BCUT2D eigenvalue weighted by Gasteiger charge is -2.13. The zero-order valence-corrected chi connectivity index (χ0v) is 12.1. The largest absolute Gasteiger partial charge is 0.478 e. The van der Waals surface area contributed by atoms with E-state index in [9.17, 15) is 9.90 Å². The molecule has 0 aliphatic carbocycles. The summed E-state index contributed by atoms with van der Waals surface area (Å²) in [6, 6.07) is 9.18. The first-order chi connectivity index (χ1) is 9.63. The highest BCUT2D eigenvalue weighted by atomic mass is 16.4. The van der Waals surface area contributed by atoms with E-state index in [1.165, 1.54) is 12.8 Å². The normalized spacial score (nSPS) is 12.5. The first-order valence-electron chi connectivity index (χ1n) is 7.26. The van der Waals surface area contributed by atoms with Gasteiger partial charge in [0.2, 0.25) is 0 Å². The van der Waals surface area contributed by atoms with Crippen molar-refractivity contribution in [1.29, 1.82) is 0 Å². The van der Waals surface area contributed by atoms with E-state index in [1.54, 1.807) is 6.07 Å². The smallest absolute Gasteiger partial charge is 0.336 e. The van der Waals surface area contributed by atoms with Crippen LogP contribution in [0.4, 0.5) is 0 Å². The molecule has 0 bridgehead atoms. The van der Waals surface area contributed by atoms with Crippen LogP contribution in [0.2, 0.25) is 0 Å². The van der Waals surface area contributed by atoms with Gasteiger partial charge in [-0.15, -0.1) is 0 Å². The van der Waals surface area contributed by atoms with Gasteiger partial charge >= 0.3 is 5.97 Å². The highest BCUT2D eigenvalue weighted by Gasteiger charge is 2.14. The number of unbranched alkanes of at least 4 members (excludes halogenated alkanes) is 2. The Balaban J connectivity index is 2.37. The molecule has 0 amide bonds. The SMILES string of the molecule is CCCCCC(C)c1cc(C(=O)O)c2ccccc2n1. The molecular formula is C17H21NO2.